The molecule has 28 heavy (non-hydrogen) atoms. The van der Waals surface area contributed by atoms with Crippen LogP contribution in [0.4, 0.5) is 13.2 Å². The van der Waals surface area contributed by atoms with E-state index in [9.17, 15) is 18.0 Å². The van der Waals surface area contributed by atoms with Crippen LogP contribution in [-0.4, -0.2) is 32.0 Å². The Morgan fingerprint density at radius 2 is 2.11 bits per heavy atom. The SMILES string of the molecule is CC[C@@H](C(=O)NCCn1ccc(C2CC2)n1)n1nc(C(F)(F)F)c2c1CCC2. The van der Waals surface area contributed by atoms with E-state index < -0.39 is 17.9 Å². The third kappa shape index (κ3) is 3.66. The molecule has 4 rings (SSSR count). The highest BCUT2D eigenvalue weighted by Crippen LogP contribution is 2.39. The number of rotatable bonds is 7. The van der Waals surface area contributed by atoms with Crippen molar-refractivity contribution in [2.45, 2.75) is 70.1 Å². The topological polar surface area (TPSA) is 64.7 Å². The molecule has 1 amide bonds. The van der Waals surface area contributed by atoms with E-state index in [1.807, 2.05) is 12.3 Å². The summed E-state index contributed by atoms with van der Waals surface area (Å²) in [5.74, 6) is 0.271. The van der Waals surface area contributed by atoms with Gasteiger partial charge in [-0.15, -0.1) is 0 Å². The molecule has 9 heteroatoms. The van der Waals surface area contributed by atoms with Crippen LogP contribution >= 0.6 is 0 Å². The highest BCUT2D eigenvalue weighted by Gasteiger charge is 2.41. The monoisotopic (exact) mass is 395 g/mol. The van der Waals surface area contributed by atoms with Gasteiger partial charge >= 0.3 is 6.18 Å². The molecule has 1 saturated carbocycles. The van der Waals surface area contributed by atoms with E-state index in [0.29, 0.717) is 50.4 Å². The molecule has 0 radical (unpaired) electrons. The lowest BCUT2D eigenvalue weighted by Crippen LogP contribution is -2.35. The van der Waals surface area contributed by atoms with Gasteiger partial charge in [0, 0.05) is 29.9 Å². The molecule has 2 aliphatic carbocycles. The van der Waals surface area contributed by atoms with Crippen LogP contribution < -0.4 is 5.32 Å². The van der Waals surface area contributed by atoms with Gasteiger partial charge in [0.15, 0.2) is 5.69 Å². The summed E-state index contributed by atoms with van der Waals surface area (Å²) in [7, 11) is 0. The Labute approximate surface area is 161 Å². The summed E-state index contributed by atoms with van der Waals surface area (Å²) < 4.78 is 43.0. The van der Waals surface area contributed by atoms with Gasteiger partial charge in [-0.3, -0.25) is 14.2 Å². The fourth-order valence-corrected chi connectivity index (χ4v) is 3.93. The van der Waals surface area contributed by atoms with Gasteiger partial charge < -0.3 is 5.32 Å². The molecule has 2 aromatic heterocycles. The standard InChI is InChI=1S/C19H24F3N5O/c1-2-15(27-16-5-3-4-13(16)17(25-27)19(20,21)22)18(28)23-9-11-26-10-8-14(24-26)12-6-7-12/h8,10,12,15H,2-7,9,11H2,1H3,(H,23,28)/t15-/m0/s1. The number of hydrogen-bond donors (Lipinski definition) is 1. The van der Waals surface area contributed by atoms with E-state index in [2.05, 4.69) is 15.5 Å². The van der Waals surface area contributed by atoms with Crippen LogP contribution in [0.5, 0.6) is 0 Å². The van der Waals surface area contributed by atoms with E-state index in [-0.39, 0.29) is 11.5 Å². The number of carbonyl (C=O) groups is 1. The number of hydrogen-bond acceptors (Lipinski definition) is 3. The molecule has 2 heterocycles. The molecule has 1 N–H and O–H groups in total. The van der Waals surface area contributed by atoms with Gasteiger partial charge in [0.25, 0.3) is 0 Å². The van der Waals surface area contributed by atoms with Crippen molar-refractivity contribution in [3.8, 4) is 0 Å². The molecular weight excluding hydrogens is 371 g/mol. The summed E-state index contributed by atoms with van der Waals surface area (Å²) in [6, 6.07) is 1.27. The van der Waals surface area contributed by atoms with Gasteiger partial charge in [-0.25, -0.2) is 0 Å². The summed E-state index contributed by atoms with van der Waals surface area (Å²) in [4.78, 5) is 12.7. The fourth-order valence-electron chi connectivity index (χ4n) is 3.93. The van der Waals surface area contributed by atoms with Crippen LogP contribution in [0, 0.1) is 0 Å². The molecular formula is C19H24F3N5O. The second-order valence-electron chi connectivity index (χ2n) is 7.56. The van der Waals surface area contributed by atoms with E-state index >= 15 is 0 Å². The van der Waals surface area contributed by atoms with Gasteiger partial charge in [-0.2, -0.15) is 23.4 Å². The van der Waals surface area contributed by atoms with Crippen LogP contribution in [0.2, 0.25) is 0 Å². The lowest BCUT2D eigenvalue weighted by molar-refractivity contribution is -0.142. The average Bonchev–Trinajstić information content (AvgIpc) is 3.05. The Kier molecular flexibility index (Phi) is 4.93. The van der Waals surface area contributed by atoms with Crippen molar-refractivity contribution in [1.82, 2.24) is 24.9 Å². The zero-order valence-corrected chi connectivity index (χ0v) is 15.8. The second-order valence-corrected chi connectivity index (χ2v) is 7.56. The third-order valence-corrected chi connectivity index (χ3v) is 5.51. The molecule has 0 bridgehead atoms. The van der Waals surface area contributed by atoms with Crippen LogP contribution in [0.25, 0.3) is 0 Å². The summed E-state index contributed by atoms with van der Waals surface area (Å²) >= 11 is 0. The minimum absolute atomic E-state index is 0.253. The van der Waals surface area contributed by atoms with Crippen LogP contribution in [0.3, 0.4) is 0 Å². The Balaban J connectivity index is 1.42. The van der Waals surface area contributed by atoms with Gasteiger partial charge in [-0.1, -0.05) is 6.92 Å². The molecule has 0 aromatic carbocycles. The number of fused-ring (bicyclic) bond motifs is 1. The molecule has 0 saturated heterocycles. The average molecular weight is 395 g/mol. The van der Waals surface area contributed by atoms with Crippen LogP contribution in [-0.2, 0) is 30.4 Å². The minimum Gasteiger partial charge on any atom is -0.352 e. The highest BCUT2D eigenvalue weighted by atomic mass is 19.4. The number of alkyl halides is 3. The molecule has 0 spiro atoms. The maximum absolute atomic E-state index is 13.3. The summed E-state index contributed by atoms with van der Waals surface area (Å²) in [5, 5.41) is 11.1. The number of amides is 1. The lowest BCUT2D eigenvalue weighted by atomic mass is 10.1. The van der Waals surface area contributed by atoms with Crippen molar-refractivity contribution in [3.05, 3.63) is 34.9 Å². The quantitative estimate of drug-likeness (QED) is 0.783. The van der Waals surface area contributed by atoms with Crippen molar-refractivity contribution >= 4 is 5.91 Å². The molecule has 0 aliphatic heterocycles. The Morgan fingerprint density at radius 1 is 1.32 bits per heavy atom. The summed E-state index contributed by atoms with van der Waals surface area (Å²) in [5.41, 5.74) is 1.05. The second kappa shape index (κ2) is 7.25. The first-order chi connectivity index (χ1) is 13.4. The van der Waals surface area contributed by atoms with Crippen molar-refractivity contribution in [3.63, 3.8) is 0 Å². The Morgan fingerprint density at radius 3 is 2.79 bits per heavy atom. The highest BCUT2D eigenvalue weighted by molar-refractivity contribution is 5.80. The first-order valence-electron chi connectivity index (χ1n) is 9.87. The molecule has 0 unspecified atom stereocenters. The number of halogens is 3. The van der Waals surface area contributed by atoms with Crippen molar-refractivity contribution in [2.24, 2.45) is 0 Å². The van der Waals surface area contributed by atoms with E-state index in [1.54, 1.807) is 11.6 Å². The number of carbonyl (C=O) groups excluding carboxylic acids is 1. The number of aromatic nitrogens is 4. The number of nitrogens with zero attached hydrogens (tertiary/aromatic N) is 4. The maximum atomic E-state index is 13.3. The van der Waals surface area contributed by atoms with Crippen LogP contribution in [0.1, 0.15) is 67.2 Å². The van der Waals surface area contributed by atoms with E-state index in [4.69, 9.17) is 0 Å². The predicted molar refractivity (Wildman–Crippen MR) is 95.8 cm³/mol. The molecule has 1 atom stereocenters. The zero-order valence-electron chi connectivity index (χ0n) is 15.8. The Bertz CT molecular complexity index is 866. The van der Waals surface area contributed by atoms with E-state index in [1.165, 1.54) is 17.5 Å². The maximum Gasteiger partial charge on any atom is 0.435 e. The Hall–Kier alpha value is -2.32. The minimum atomic E-state index is -4.49. The fraction of sp³-hybridized carbons (Fsp3) is 0.632. The molecule has 2 aliphatic rings. The summed E-state index contributed by atoms with van der Waals surface area (Å²) in [6.07, 6.45) is 1.70. The van der Waals surface area contributed by atoms with Gasteiger partial charge in [0.2, 0.25) is 5.91 Å². The smallest absolute Gasteiger partial charge is 0.352 e. The van der Waals surface area contributed by atoms with Crippen molar-refractivity contribution in [2.75, 3.05) is 6.54 Å². The van der Waals surface area contributed by atoms with Crippen LogP contribution in [0.15, 0.2) is 12.3 Å². The predicted octanol–water partition coefficient (Wildman–Crippen LogP) is 3.23. The lowest BCUT2D eigenvalue weighted by Gasteiger charge is -2.18. The molecule has 1 fully saturated rings. The third-order valence-electron chi connectivity index (χ3n) is 5.51. The zero-order chi connectivity index (χ0) is 19.9. The van der Waals surface area contributed by atoms with Gasteiger partial charge in [0.05, 0.1) is 12.2 Å². The van der Waals surface area contributed by atoms with E-state index in [0.717, 1.165) is 5.69 Å². The van der Waals surface area contributed by atoms with Crippen molar-refractivity contribution in [1.29, 1.82) is 0 Å². The van der Waals surface area contributed by atoms with Gasteiger partial charge in [0.1, 0.15) is 6.04 Å². The van der Waals surface area contributed by atoms with Gasteiger partial charge in [-0.05, 0) is 44.6 Å². The normalized spacial score (nSPS) is 17.6. The largest absolute Gasteiger partial charge is 0.435 e. The summed E-state index contributed by atoms with van der Waals surface area (Å²) in [6.45, 7) is 2.69. The number of nitrogens with one attached hydrogen (secondary N) is 1. The first kappa shape index (κ1) is 19.0. The molecule has 6 nitrogen and oxygen atoms in total. The molecule has 152 valence electrons. The first-order valence-corrected chi connectivity index (χ1v) is 9.87. The van der Waals surface area contributed by atoms with Crippen molar-refractivity contribution < 1.29 is 18.0 Å². The molecule has 2 aromatic rings.